The van der Waals surface area contributed by atoms with Crippen LogP contribution in [-0.2, 0) is 4.79 Å². The van der Waals surface area contributed by atoms with Gasteiger partial charge in [0, 0.05) is 43.2 Å². The fourth-order valence-electron chi connectivity index (χ4n) is 3.67. The molecule has 6 nitrogen and oxygen atoms in total. The number of carbonyl (C=O) groups is 1. The van der Waals surface area contributed by atoms with Gasteiger partial charge in [0.15, 0.2) is 0 Å². The minimum Gasteiger partial charge on any atom is -0.353 e. The van der Waals surface area contributed by atoms with Crippen LogP contribution in [-0.4, -0.2) is 59.5 Å². The van der Waals surface area contributed by atoms with Gasteiger partial charge in [0.1, 0.15) is 17.0 Å². The van der Waals surface area contributed by atoms with Gasteiger partial charge in [0.25, 0.3) is 0 Å². The number of thiophene rings is 1. The van der Waals surface area contributed by atoms with Crippen molar-refractivity contribution in [2.75, 3.05) is 37.6 Å². The molecule has 3 heterocycles. The van der Waals surface area contributed by atoms with Crippen LogP contribution in [0, 0.1) is 0 Å². The summed E-state index contributed by atoms with van der Waals surface area (Å²) in [7, 11) is 0. The Kier molecular flexibility index (Phi) is 6.06. The van der Waals surface area contributed by atoms with E-state index in [0.717, 1.165) is 48.6 Å². The van der Waals surface area contributed by atoms with E-state index < -0.39 is 0 Å². The predicted octanol–water partition coefficient (Wildman–Crippen LogP) is 3.40. The number of fused-ring (bicyclic) bond motifs is 1. The second kappa shape index (κ2) is 8.88. The molecule has 1 unspecified atom stereocenters. The fourth-order valence-corrected chi connectivity index (χ4v) is 4.58. The van der Waals surface area contributed by atoms with E-state index in [1.165, 1.54) is 11.1 Å². The van der Waals surface area contributed by atoms with Gasteiger partial charge < -0.3 is 10.2 Å². The highest BCUT2D eigenvalue weighted by Gasteiger charge is 2.23. The molecule has 1 aliphatic heterocycles. The molecule has 0 spiro atoms. The first-order chi connectivity index (χ1) is 14.2. The molecule has 0 bridgehead atoms. The third kappa shape index (κ3) is 4.41. The Balaban J connectivity index is 1.49. The lowest BCUT2D eigenvalue weighted by Crippen LogP contribution is -2.50. The number of nitrogens with one attached hydrogen (secondary N) is 1. The Morgan fingerprint density at radius 3 is 2.66 bits per heavy atom. The highest BCUT2D eigenvalue weighted by Crippen LogP contribution is 2.37. The summed E-state index contributed by atoms with van der Waals surface area (Å²) in [5, 5.41) is 6.36. The number of hydrogen-bond donors (Lipinski definition) is 1. The summed E-state index contributed by atoms with van der Waals surface area (Å²) in [6, 6.07) is 10.6. The molecule has 4 rings (SSSR count). The van der Waals surface area contributed by atoms with Crippen molar-refractivity contribution in [1.82, 2.24) is 20.2 Å². The van der Waals surface area contributed by atoms with E-state index in [-0.39, 0.29) is 11.9 Å². The molecule has 1 N–H and O–H groups in total. The quantitative estimate of drug-likeness (QED) is 0.676. The third-order valence-electron chi connectivity index (χ3n) is 5.49. The summed E-state index contributed by atoms with van der Waals surface area (Å²) in [6.07, 6.45) is 2.61. The van der Waals surface area contributed by atoms with Crippen LogP contribution >= 0.6 is 11.3 Å². The molecule has 1 atom stereocenters. The van der Waals surface area contributed by atoms with E-state index in [1.54, 1.807) is 17.7 Å². The molecule has 1 fully saturated rings. The zero-order chi connectivity index (χ0) is 20.2. The summed E-state index contributed by atoms with van der Waals surface area (Å²) < 4.78 is 0. The van der Waals surface area contributed by atoms with Crippen LogP contribution in [0.25, 0.3) is 21.3 Å². The van der Waals surface area contributed by atoms with Crippen molar-refractivity contribution in [3.8, 4) is 11.1 Å². The van der Waals surface area contributed by atoms with Crippen LogP contribution in [0.1, 0.15) is 20.3 Å². The normalized spacial score (nSPS) is 16.1. The van der Waals surface area contributed by atoms with Gasteiger partial charge in [0.05, 0.1) is 11.9 Å². The van der Waals surface area contributed by atoms with Crippen LogP contribution in [0.4, 0.5) is 5.82 Å². The molecule has 1 aliphatic rings. The first-order valence-electron chi connectivity index (χ1n) is 10.2. The lowest BCUT2D eigenvalue weighted by atomic mass is 10.1. The molecular weight excluding hydrogens is 382 g/mol. The Morgan fingerprint density at radius 1 is 1.17 bits per heavy atom. The van der Waals surface area contributed by atoms with Crippen molar-refractivity contribution >= 4 is 33.3 Å². The van der Waals surface area contributed by atoms with Crippen molar-refractivity contribution in [1.29, 1.82) is 0 Å². The molecule has 29 heavy (non-hydrogen) atoms. The maximum atomic E-state index is 12.2. The Labute approximate surface area is 175 Å². The van der Waals surface area contributed by atoms with Crippen molar-refractivity contribution in [2.45, 2.75) is 26.3 Å². The largest absolute Gasteiger partial charge is 0.353 e. The molecule has 1 aromatic carbocycles. The molecule has 1 saturated heterocycles. The molecule has 7 heteroatoms. The number of aromatic nitrogens is 2. The van der Waals surface area contributed by atoms with E-state index in [1.807, 2.05) is 13.0 Å². The first kappa shape index (κ1) is 19.8. The summed E-state index contributed by atoms with van der Waals surface area (Å²) in [5.74, 6) is 1.11. The Morgan fingerprint density at radius 2 is 1.93 bits per heavy atom. The average molecular weight is 410 g/mol. The standard InChI is InChI=1S/C22H27N5OS/c1-3-16(2)25-19(28)13-26-9-11-27(12-10-26)21-20-18(17-7-5-4-6-8-17)14-29-22(20)24-15-23-21/h4-8,14-16H,3,9-13H2,1-2H3,(H,25,28). The second-order valence-corrected chi connectivity index (χ2v) is 8.39. The lowest BCUT2D eigenvalue weighted by molar-refractivity contribution is -0.122. The van der Waals surface area contributed by atoms with Gasteiger partial charge in [-0.15, -0.1) is 11.3 Å². The fraction of sp³-hybridized carbons (Fsp3) is 0.409. The second-order valence-electron chi connectivity index (χ2n) is 7.53. The van der Waals surface area contributed by atoms with Crippen molar-refractivity contribution in [3.63, 3.8) is 0 Å². The highest BCUT2D eigenvalue weighted by atomic mass is 32.1. The number of piperazine rings is 1. The molecule has 3 aromatic rings. The smallest absolute Gasteiger partial charge is 0.234 e. The molecular formula is C22H27N5OS. The molecule has 0 aliphatic carbocycles. The van der Waals surface area contributed by atoms with Gasteiger partial charge in [-0.05, 0) is 18.9 Å². The van der Waals surface area contributed by atoms with Crippen LogP contribution < -0.4 is 10.2 Å². The average Bonchev–Trinajstić information content (AvgIpc) is 3.19. The van der Waals surface area contributed by atoms with Crippen LogP contribution in [0.3, 0.4) is 0 Å². The number of rotatable bonds is 6. The number of amides is 1. The van der Waals surface area contributed by atoms with Crippen molar-refractivity contribution in [3.05, 3.63) is 42.0 Å². The van der Waals surface area contributed by atoms with Gasteiger partial charge >= 0.3 is 0 Å². The summed E-state index contributed by atoms with van der Waals surface area (Å²) in [5.41, 5.74) is 2.38. The van der Waals surface area contributed by atoms with Gasteiger partial charge in [-0.2, -0.15) is 0 Å². The minimum atomic E-state index is 0.112. The minimum absolute atomic E-state index is 0.112. The van der Waals surface area contributed by atoms with E-state index in [0.29, 0.717) is 6.54 Å². The first-order valence-corrected chi connectivity index (χ1v) is 11.1. The monoisotopic (exact) mass is 409 g/mol. The number of anilines is 1. The molecule has 152 valence electrons. The van der Waals surface area contributed by atoms with Gasteiger partial charge in [-0.25, -0.2) is 9.97 Å². The Bertz CT molecular complexity index is 966. The maximum absolute atomic E-state index is 12.2. The Hall–Kier alpha value is -2.51. The lowest BCUT2D eigenvalue weighted by Gasteiger charge is -2.35. The topological polar surface area (TPSA) is 61.4 Å². The van der Waals surface area contributed by atoms with Gasteiger partial charge in [0.2, 0.25) is 5.91 Å². The molecule has 0 radical (unpaired) electrons. The number of hydrogen-bond acceptors (Lipinski definition) is 6. The highest BCUT2D eigenvalue weighted by molar-refractivity contribution is 7.17. The van der Waals surface area contributed by atoms with E-state index in [4.69, 9.17) is 0 Å². The molecule has 0 saturated carbocycles. The van der Waals surface area contributed by atoms with Crippen LogP contribution in [0.2, 0.25) is 0 Å². The van der Waals surface area contributed by atoms with E-state index in [2.05, 4.69) is 61.7 Å². The van der Waals surface area contributed by atoms with Gasteiger partial charge in [-0.3, -0.25) is 9.69 Å². The number of nitrogens with zero attached hydrogens (tertiary/aromatic N) is 4. The predicted molar refractivity (Wildman–Crippen MR) is 119 cm³/mol. The molecule has 1 amide bonds. The summed E-state index contributed by atoms with van der Waals surface area (Å²) in [4.78, 5) is 26.9. The van der Waals surface area contributed by atoms with Crippen molar-refractivity contribution in [2.24, 2.45) is 0 Å². The van der Waals surface area contributed by atoms with Gasteiger partial charge in [-0.1, -0.05) is 37.3 Å². The van der Waals surface area contributed by atoms with Crippen molar-refractivity contribution < 1.29 is 4.79 Å². The number of benzene rings is 1. The zero-order valence-corrected chi connectivity index (χ0v) is 17.8. The summed E-state index contributed by atoms with van der Waals surface area (Å²) >= 11 is 1.66. The third-order valence-corrected chi connectivity index (χ3v) is 6.38. The van der Waals surface area contributed by atoms with E-state index >= 15 is 0 Å². The van der Waals surface area contributed by atoms with Crippen LogP contribution in [0.15, 0.2) is 42.0 Å². The maximum Gasteiger partial charge on any atom is 0.234 e. The zero-order valence-electron chi connectivity index (χ0n) is 17.0. The SMILES string of the molecule is CCC(C)NC(=O)CN1CCN(c2ncnc3scc(-c4ccccc4)c23)CC1. The summed E-state index contributed by atoms with van der Waals surface area (Å²) in [6.45, 7) is 8.00. The van der Waals surface area contributed by atoms with E-state index in [9.17, 15) is 4.79 Å². The molecule has 2 aromatic heterocycles. The van der Waals surface area contributed by atoms with Crippen LogP contribution in [0.5, 0.6) is 0 Å². The number of carbonyl (C=O) groups excluding carboxylic acids is 1.